The fraction of sp³-hybridized carbons (Fsp3) is 0.519. The number of anilines is 1. The van der Waals surface area contributed by atoms with Crippen LogP contribution in [0.4, 0.5) is 9.39 Å². The lowest BCUT2D eigenvalue weighted by Gasteiger charge is -2.40. The molecule has 1 aliphatic heterocycles. The van der Waals surface area contributed by atoms with Gasteiger partial charge in [-0.3, -0.25) is 9.59 Å². The maximum atomic E-state index is 14.0. The monoisotopic (exact) mass is 549 g/mol. The van der Waals surface area contributed by atoms with Crippen LogP contribution in [0.25, 0.3) is 0 Å². The summed E-state index contributed by atoms with van der Waals surface area (Å²) in [6.45, 7) is 11.0. The van der Waals surface area contributed by atoms with Crippen molar-refractivity contribution >= 4 is 34.1 Å². The van der Waals surface area contributed by atoms with Crippen molar-refractivity contribution in [3.63, 3.8) is 0 Å². The number of hydrogen-bond donors (Lipinski definition) is 2. The normalized spacial score (nSPS) is 14.4. The average molecular weight is 550 g/mol. The van der Waals surface area contributed by atoms with Gasteiger partial charge in [0, 0.05) is 18.2 Å². The van der Waals surface area contributed by atoms with E-state index in [0.717, 1.165) is 11.3 Å². The van der Waals surface area contributed by atoms with Crippen LogP contribution in [-0.4, -0.2) is 67.3 Å². The van der Waals surface area contributed by atoms with E-state index in [-0.39, 0.29) is 49.8 Å². The van der Waals surface area contributed by atoms with E-state index < -0.39 is 23.3 Å². The van der Waals surface area contributed by atoms with E-state index >= 15 is 0 Å². The molecule has 2 amide bonds. The van der Waals surface area contributed by atoms with E-state index in [1.54, 1.807) is 32.6 Å². The van der Waals surface area contributed by atoms with Crippen LogP contribution in [0.3, 0.4) is 0 Å². The Hall–Kier alpha value is -3.18. The Morgan fingerprint density at radius 3 is 2.55 bits per heavy atom. The zero-order chi connectivity index (χ0) is 28.4. The summed E-state index contributed by atoms with van der Waals surface area (Å²) in [7, 11) is 1.43. The topological polar surface area (TPSA) is 108 Å². The molecular formula is C27H36FN3O6S. The van der Waals surface area contributed by atoms with Crippen molar-refractivity contribution in [1.82, 2.24) is 10.2 Å². The van der Waals surface area contributed by atoms with Gasteiger partial charge in [0.15, 0.2) is 0 Å². The van der Waals surface area contributed by atoms with Gasteiger partial charge in [-0.25, -0.2) is 9.18 Å². The second-order valence-electron chi connectivity index (χ2n) is 10.2. The van der Waals surface area contributed by atoms with Crippen molar-refractivity contribution in [3.05, 3.63) is 45.6 Å². The highest BCUT2D eigenvalue weighted by Crippen LogP contribution is 2.41. The van der Waals surface area contributed by atoms with Crippen molar-refractivity contribution in [2.24, 2.45) is 5.41 Å². The van der Waals surface area contributed by atoms with Gasteiger partial charge in [0.05, 0.1) is 37.9 Å². The summed E-state index contributed by atoms with van der Waals surface area (Å²) < 4.78 is 24.5. The molecule has 2 aromatic rings. The Balaban J connectivity index is 2.02. The highest BCUT2D eigenvalue weighted by molar-refractivity contribution is 7.18. The molecule has 0 spiro atoms. The molecular weight excluding hydrogens is 513 g/mol. The van der Waals surface area contributed by atoms with Crippen LogP contribution in [0.1, 0.15) is 71.9 Å². The number of halogens is 1. The van der Waals surface area contributed by atoms with Gasteiger partial charge in [0.25, 0.3) is 5.91 Å². The number of aliphatic hydroxyl groups excluding tert-OH is 1. The molecule has 0 aliphatic carbocycles. The number of esters is 1. The number of benzene rings is 1. The predicted octanol–water partition coefficient (Wildman–Crippen LogP) is 3.89. The maximum absolute atomic E-state index is 14.0. The standard InChI is InChI=1S/C27H36FN3O6S/c1-8-37-25(34)22-16(4)21-23(33)31(13-27(5,6)26(35)29-15(2)3)14-30(24(21)38-22)12-19(32)18-11-17(28)9-10-20(18)36-7/h9-11,15,19,32H,8,12-14H2,1-7H3,(H,29,35). The largest absolute Gasteiger partial charge is 0.496 e. The molecule has 208 valence electrons. The number of β-amino-alcohol motifs (C(OH)–C–C–N with tert-alkyl or cyclic N) is 1. The van der Waals surface area contributed by atoms with Gasteiger partial charge in [-0.05, 0) is 65.3 Å². The van der Waals surface area contributed by atoms with Crippen LogP contribution in [0.5, 0.6) is 5.75 Å². The summed E-state index contributed by atoms with van der Waals surface area (Å²) in [5, 5.41) is 14.5. The van der Waals surface area contributed by atoms with E-state index in [0.29, 0.717) is 26.8 Å². The number of carbonyl (C=O) groups excluding carboxylic acids is 3. The minimum Gasteiger partial charge on any atom is -0.496 e. The molecule has 2 heterocycles. The third-order valence-corrected chi connectivity index (χ3v) is 7.62. The second kappa shape index (κ2) is 11.7. The molecule has 1 aromatic carbocycles. The third-order valence-electron chi connectivity index (χ3n) is 6.28. The first-order valence-electron chi connectivity index (χ1n) is 12.5. The van der Waals surface area contributed by atoms with Crippen LogP contribution in [0, 0.1) is 18.2 Å². The molecule has 0 fully saturated rings. The average Bonchev–Trinajstić information content (AvgIpc) is 3.19. The number of thiophene rings is 1. The molecule has 0 radical (unpaired) electrons. The molecule has 38 heavy (non-hydrogen) atoms. The van der Waals surface area contributed by atoms with Crippen LogP contribution in [-0.2, 0) is 9.53 Å². The first kappa shape index (κ1) is 29.4. The number of aliphatic hydroxyl groups is 1. The first-order chi connectivity index (χ1) is 17.8. The number of hydrogen-bond acceptors (Lipinski definition) is 8. The minimum absolute atomic E-state index is 0.0164. The Bertz CT molecular complexity index is 1210. The Morgan fingerprint density at radius 2 is 1.95 bits per heavy atom. The number of fused-ring (bicyclic) bond motifs is 1. The highest BCUT2D eigenvalue weighted by Gasteiger charge is 2.40. The number of nitrogens with one attached hydrogen (secondary N) is 1. The molecule has 1 aromatic heterocycles. The SMILES string of the molecule is CCOC(=O)c1sc2c(c1C)C(=O)N(CC(C)(C)C(=O)NC(C)C)CN2CC(O)c1cc(F)ccc1OC. The highest BCUT2D eigenvalue weighted by atomic mass is 32.1. The lowest BCUT2D eigenvalue weighted by atomic mass is 9.90. The fourth-order valence-corrected chi connectivity index (χ4v) is 5.59. The number of amides is 2. The number of methoxy groups -OCH3 is 1. The van der Waals surface area contributed by atoms with Gasteiger partial charge in [-0.2, -0.15) is 0 Å². The van der Waals surface area contributed by atoms with E-state index in [9.17, 15) is 23.9 Å². The maximum Gasteiger partial charge on any atom is 0.348 e. The molecule has 0 saturated heterocycles. The molecule has 1 unspecified atom stereocenters. The van der Waals surface area contributed by atoms with Crippen LogP contribution < -0.4 is 15.0 Å². The summed E-state index contributed by atoms with van der Waals surface area (Å²) in [6.07, 6.45) is -1.17. The summed E-state index contributed by atoms with van der Waals surface area (Å²) in [5.74, 6) is -1.25. The molecule has 1 aliphatic rings. The quantitative estimate of drug-likeness (QED) is 0.433. The third kappa shape index (κ3) is 6.10. The first-order valence-corrected chi connectivity index (χ1v) is 13.3. The van der Waals surface area contributed by atoms with E-state index in [4.69, 9.17) is 9.47 Å². The summed E-state index contributed by atoms with van der Waals surface area (Å²) in [4.78, 5) is 42.8. The number of rotatable bonds is 10. The lowest BCUT2D eigenvalue weighted by Crippen LogP contribution is -2.53. The van der Waals surface area contributed by atoms with E-state index in [1.807, 2.05) is 13.8 Å². The smallest absolute Gasteiger partial charge is 0.348 e. The van der Waals surface area contributed by atoms with Crippen molar-refractivity contribution < 1.29 is 33.4 Å². The van der Waals surface area contributed by atoms with Crippen LogP contribution in [0.2, 0.25) is 0 Å². The van der Waals surface area contributed by atoms with Crippen molar-refractivity contribution in [3.8, 4) is 5.75 Å². The molecule has 3 rings (SSSR count). The Labute approximate surface area is 226 Å². The van der Waals surface area contributed by atoms with Gasteiger partial charge in [-0.15, -0.1) is 11.3 Å². The molecule has 0 saturated carbocycles. The summed E-state index contributed by atoms with van der Waals surface area (Å²) >= 11 is 1.12. The van der Waals surface area contributed by atoms with Gasteiger partial charge in [0.2, 0.25) is 5.91 Å². The van der Waals surface area contributed by atoms with E-state index in [1.165, 1.54) is 30.2 Å². The van der Waals surface area contributed by atoms with Gasteiger partial charge in [0.1, 0.15) is 27.5 Å². The zero-order valence-corrected chi connectivity index (χ0v) is 23.7. The van der Waals surface area contributed by atoms with Crippen LogP contribution in [0.15, 0.2) is 18.2 Å². The van der Waals surface area contributed by atoms with Gasteiger partial charge in [-0.1, -0.05) is 0 Å². The number of ether oxygens (including phenoxy) is 2. The van der Waals surface area contributed by atoms with Crippen molar-refractivity contribution in [2.45, 2.75) is 53.7 Å². The fourth-order valence-electron chi connectivity index (χ4n) is 4.40. The zero-order valence-electron chi connectivity index (χ0n) is 22.9. The molecule has 9 nitrogen and oxygen atoms in total. The number of carbonyl (C=O) groups is 3. The second-order valence-corrected chi connectivity index (χ2v) is 11.2. The van der Waals surface area contributed by atoms with Crippen molar-refractivity contribution in [1.29, 1.82) is 0 Å². The summed E-state index contributed by atoms with van der Waals surface area (Å²) in [5.41, 5.74) is 0.141. The molecule has 2 N–H and O–H groups in total. The Morgan fingerprint density at radius 1 is 1.26 bits per heavy atom. The molecule has 0 bridgehead atoms. The lowest BCUT2D eigenvalue weighted by molar-refractivity contribution is -0.130. The Kier molecular flexibility index (Phi) is 9.04. The minimum atomic E-state index is -1.17. The van der Waals surface area contributed by atoms with Crippen LogP contribution >= 0.6 is 11.3 Å². The van der Waals surface area contributed by atoms with Crippen molar-refractivity contribution in [2.75, 3.05) is 38.4 Å². The summed E-state index contributed by atoms with van der Waals surface area (Å²) in [6, 6.07) is 3.83. The van der Waals surface area contributed by atoms with Gasteiger partial charge < -0.3 is 29.7 Å². The molecule has 1 atom stereocenters. The van der Waals surface area contributed by atoms with Gasteiger partial charge >= 0.3 is 5.97 Å². The van der Waals surface area contributed by atoms with E-state index in [2.05, 4.69) is 5.32 Å². The predicted molar refractivity (Wildman–Crippen MR) is 143 cm³/mol. The molecule has 11 heteroatoms. The number of nitrogens with zero attached hydrogens (tertiary/aromatic N) is 2.